The van der Waals surface area contributed by atoms with Gasteiger partial charge in [-0.2, -0.15) is 88.4 Å². The van der Waals surface area contributed by atoms with Gasteiger partial charge in [0.25, 0.3) is 0 Å². The van der Waals surface area contributed by atoms with Gasteiger partial charge < -0.3 is 33.2 Å². The van der Waals surface area contributed by atoms with Crippen LogP contribution in [0.4, 0.5) is 0 Å². The number of hydrogen-bond acceptors (Lipinski definition) is 24. The Morgan fingerprint density at radius 2 is 0.507 bits per heavy atom. The molecule has 0 aromatic carbocycles. The van der Waals surface area contributed by atoms with Crippen molar-refractivity contribution in [3.05, 3.63) is 31.5 Å². The van der Waals surface area contributed by atoms with Gasteiger partial charge in [0.1, 0.15) is 51.7 Å². The largest absolute Gasteiger partial charge is 0.465 e. The van der Waals surface area contributed by atoms with Crippen molar-refractivity contribution in [3.8, 4) is 0 Å². The molecule has 396 valence electrons. The lowest BCUT2D eigenvalue weighted by Gasteiger charge is -2.32. The van der Waals surface area contributed by atoms with Crippen LogP contribution in [0.15, 0.2) is 14.4 Å². The maximum absolute atomic E-state index is 12.9. The third kappa shape index (κ3) is 31.3. The maximum atomic E-state index is 12.9. The Labute approximate surface area is 440 Å². The Balaban J connectivity index is 0.00000135. The molecule has 1 aromatic heterocycles. The van der Waals surface area contributed by atoms with Crippen molar-refractivity contribution in [1.29, 1.82) is 0 Å². The van der Waals surface area contributed by atoms with Gasteiger partial charge in [0.05, 0.1) is 64.6 Å². The van der Waals surface area contributed by atoms with E-state index in [1.165, 1.54) is 0 Å². The van der Waals surface area contributed by atoms with Crippen LogP contribution in [0, 0.1) is 5.41 Å². The van der Waals surface area contributed by atoms with Crippen LogP contribution in [0.25, 0.3) is 0 Å². The number of aromatic nitrogens is 3. The quantitative estimate of drug-likeness (QED) is 0.0321. The highest BCUT2D eigenvalue weighted by Crippen LogP contribution is 2.23. The Hall–Kier alpha value is -2.85. The number of thiol groups is 7. The minimum atomic E-state index is -1.30. The molecule has 0 bridgehead atoms. The number of esters is 7. The summed E-state index contributed by atoms with van der Waals surface area (Å²) in [6.45, 7) is 9.00. The molecule has 0 aliphatic carbocycles. The van der Waals surface area contributed by atoms with E-state index in [9.17, 15) is 47.9 Å². The smallest absolute Gasteiger partial charge is 0.336 e. The molecule has 1 aromatic rings. The maximum Gasteiger partial charge on any atom is 0.336 e. The molecule has 1 rings (SSSR count). The van der Waals surface area contributed by atoms with Crippen molar-refractivity contribution < 1.29 is 66.7 Å². The molecule has 7 atom stereocenters. The molecule has 0 radical (unpaired) electrons. The molecule has 0 aliphatic rings. The van der Waals surface area contributed by atoms with E-state index >= 15 is 0 Å². The van der Waals surface area contributed by atoms with Crippen molar-refractivity contribution in [2.45, 2.75) is 150 Å². The van der Waals surface area contributed by atoms with Gasteiger partial charge >= 0.3 is 58.9 Å². The van der Waals surface area contributed by atoms with Gasteiger partial charge in [-0.1, -0.05) is 48.5 Å². The van der Waals surface area contributed by atoms with Crippen LogP contribution in [-0.4, -0.2) is 138 Å². The fourth-order valence-corrected chi connectivity index (χ4v) is 6.34. The second-order valence-electron chi connectivity index (χ2n) is 16.5. The second kappa shape index (κ2) is 35.3. The Morgan fingerprint density at radius 1 is 0.348 bits per heavy atom. The molecule has 20 nitrogen and oxygen atoms in total. The Kier molecular flexibility index (Phi) is 33.8. The van der Waals surface area contributed by atoms with Crippen LogP contribution < -0.4 is 17.1 Å². The van der Waals surface area contributed by atoms with Gasteiger partial charge in [0, 0.05) is 36.7 Å². The summed E-state index contributed by atoms with van der Waals surface area (Å²) in [7, 11) is 0. The van der Waals surface area contributed by atoms with Gasteiger partial charge in [-0.05, 0) is 0 Å². The normalized spacial score (nSPS) is 14.9. The number of carbonyl (C=O) groups is 7. The first-order chi connectivity index (χ1) is 32.1. The summed E-state index contributed by atoms with van der Waals surface area (Å²) in [4.78, 5) is 122. The van der Waals surface area contributed by atoms with Gasteiger partial charge in [-0.3, -0.25) is 33.6 Å². The molecule has 0 saturated heterocycles. The van der Waals surface area contributed by atoms with Crippen LogP contribution in [-0.2, 0) is 86.4 Å². The highest BCUT2D eigenvalue weighted by molar-refractivity contribution is 7.81. The van der Waals surface area contributed by atoms with Gasteiger partial charge in [-0.15, -0.1) is 0 Å². The summed E-state index contributed by atoms with van der Waals surface area (Å²) >= 11 is 29.0. The van der Waals surface area contributed by atoms with Crippen LogP contribution in [0.1, 0.15) is 93.4 Å². The van der Waals surface area contributed by atoms with Gasteiger partial charge in [0.2, 0.25) is 0 Å². The van der Waals surface area contributed by atoms with E-state index in [1.807, 2.05) is 0 Å². The van der Waals surface area contributed by atoms with E-state index in [4.69, 9.17) is 33.2 Å². The van der Waals surface area contributed by atoms with Crippen molar-refractivity contribution in [2.24, 2.45) is 5.41 Å². The fourth-order valence-electron chi connectivity index (χ4n) is 5.29. The molecule has 0 fully saturated rings. The molecular weight excluding hydrogens is 1040 g/mol. The molecule has 0 saturated carbocycles. The molecule has 0 N–H and O–H groups in total. The molecule has 69 heavy (non-hydrogen) atoms. The number of rotatable bonds is 31. The molecule has 1 heterocycles. The molecular formula is C42H69N3O17S7. The third-order valence-corrected chi connectivity index (χ3v) is 9.79. The average Bonchev–Trinajstić information content (AvgIpc) is 3.19. The SMILES string of the molecule is CC(S)CC(=O)OCC(COC(=O)CC(C)S)(COC(=O)CC(C)S)COC(=O)CC(C)S.CC(S)CC(=O)OCCn1c(=O)n(CCOC(=O)CC(C)S)c(=O)n(CCOC(=O)CC(C)S)c1=O. The van der Waals surface area contributed by atoms with Crippen molar-refractivity contribution >= 4 is 130 Å². The first kappa shape index (κ1) is 66.2. The zero-order valence-electron chi connectivity index (χ0n) is 40.0. The molecule has 0 amide bonds. The van der Waals surface area contributed by atoms with Crippen molar-refractivity contribution in [1.82, 2.24) is 13.7 Å². The third-order valence-electron chi connectivity index (χ3n) is 8.51. The van der Waals surface area contributed by atoms with E-state index in [2.05, 4.69) is 88.4 Å². The standard InChI is InChI=1S/C21H33N3O9S3.C21H36O8S4/c1-13(34)10-16(25)31-7-4-22-19(28)23(5-8-32-17(26)11-14(2)35)21(30)24(20(22)29)6-9-33-18(27)12-15(3)36;1-13(30)5-17(22)26-9-21(10-27-18(23)6-14(2)31,11-28-19(24)7-15(3)32)12-29-20(25)8-16(4)33/h13-15,34-36H,4-12H2,1-3H3;13-16,30-33H,5-12H2,1-4H3. The monoisotopic (exact) mass is 1110 g/mol. The van der Waals surface area contributed by atoms with Gasteiger partial charge in [-0.25, -0.2) is 28.1 Å². The lowest BCUT2D eigenvalue weighted by atomic mass is 9.92. The van der Waals surface area contributed by atoms with Crippen LogP contribution in [0.3, 0.4) is 0 Å². The summed E-state index contributed by atoms with van der Waals surface area (Å²) in [5, 5.41) is -1.63. The molecule has 0 aliphatic heterocycles. The highest BCUT2D eigenvalue weighted by Gasteiger charge is 2.38. The highest BCUT2D eigenvalue weighted by atomic mass is 32.1. The number of nitrogens with zero attached hydrogens (tertiary/aromatic N) is 3. The zero-order valence-corrected chi connectivity index (χ0v) is 46.2. The first-order valence-corrected chi connectivity index (χ1v) is 25.5. The summed E-state index contributed by atoms with van der Waals surface area (Å²) in [5.41, 5.74) is -4.17. The molecule has 0 spiro atoms. The van der Waals surface area contributed by atoms with Crippen LogP contribution in [0.2, 0.25) is 0 Å². The summed E-state index contributed by atoms with van der Waals surface area (Å²) in [6.07, 6.45) is 0.291. The topological polar surface area (TPSA) is 250 Å². The molecule has 27 heteroatoms. The minimum Gasteiger partial charge on any atom is -0.465 e. The predicted octanol–water partition coefficient (Wildman–Crippen LogP) is 2.91. The fraction of sp³-hybridized carbons (Fsp3) is 0.762. The second-order valence-corrected chi connectivity index (χ2v) is 22.6. The Morgan fingerprint density at radius 3 is 0.667 bits per heavy atom. The van der Waals surface area contributed by atoms with E-state index in [0.717, 1.165) is 13.7 Å². The van der Waals surface area contributed by atoms with E-state index in [0.29, 0.717) is 0 Å². The number of carbonyl (C=O) groups excluding carboxylic acids is 7. The van der Waals surface area contributed by atoms with E-state index in [-0.39, 0.29) is 148 Å². The minimum absolute atomic E-state index is 0.0360. The summed E-state index contributed by atoms with van der Waals surface area (Å²) < 4.78 is 38.7. The van der Waals surface area contributed by atoms with Crippen molar-refractivity contribution in [2.75, 3.05) is 46.2 Å². The van der Waals surface area contributed by atoms with Gasteiger partial charge in [0.15, 0.2) is 0 Å². The van der Waals surface area contributed by atoms with E-state index < -0.39 is 64.3 Å². The average molecular weight is 1110 g/mol. The van der Waals surface area contributed by atoms with Crippen LogP contribution in [0.5, 0.6) is 0 Å². The number of ether oxygens (including phenoxy) is 7. The lowest BCUT2D eigenvalue weighted by Crippen LogP contribution is -2.55. The summed E-state index contributed by atoms with van der Waals surface area (Å²) in [5.74, 6) is -3.84. The Bertz CT molecular complexity index is 1710. The predicted molar refractivity (Wildman–Crippen MR) is 280 cm³/mol. The van der Waals surface area contributed by atoms with E-state index in [1.54, 1.807) is 48.5 Å². The van der Waals surface area contributed by atoms with Crippen molar-refractivity contribution in [3.63, 3.8) is 0 Å². The first-order valence-electron chi connectivity index (χ1n) is 21.9. The number of hydrogen-bond donors (Lipinski definition) is 7. The zero-order chi connectivity index (χ0) is 53.0. The van der Waals surface area contributed by atoms with Crippen LogP contribution >= 0.6 is 88.4 Å². The molecule has 7 unspecified atom stereocenters. The lowest BCUT2D eigenvalue weighted by molar-refractivity contribution is -0.170. The summed E-state index contributed by atoms with van der Waals surface area (Å²) in [6, 6.07) is 0.